The number of hydrogen-bond donors (Lipinski definition) is 1. The molecule has 2 aliphatic heterocycles. The predicted molar refractivity (Wildman–Crippen MR) is 125 cm³/mol. The fourth-order valence-corrected chi connectivity index (χ4v) is 5.03. The highest BCUT2D eigenvalue weighted by atomic mass is 32.1. The van der Waals surface area contributed by atoms with Crippen LogP contribution in [0.15, 0.2) is 41.3 Å². The topological polar surface area (TPSA) is 110 Å². The minimum Gasteiger partial charge on any atom is -0.380 e. The summed E-state index contributed by atoms with van der Waals surface area (Å²) in [6, 6.07) is 3.51. The van der Waals surface area contributed by atoms with E-state index in [0.29, 0.717) is 35.7 Å². The molecule has 6 rings (SSSR count). The van der Waals surface area contributed by atoms with E-state index in [0.717, 1.165) is 17.9 Å². The molecule has 0 radical (unpaired) electrons. The first-order chi connectivity index (χ1) is 16.2. The lowest BCUT2D eigenvalue weighted by Gasteiger charge is -2.23. The highest BCUT2D eigenvalue weighted by Crippen LogP contribution is 2.38. The molecule has 1 N–H and O–H groups in total. The van der Waals surface area contributed by atoms with Gasteiger partial charge in [0.15, 0.2) is 11.6 Å². The van der Waals surface area contributed by atoms with E-state index in [1.807, 2.05) is 23.2 Å². The average molecular weight is 465 g/mol. The van der Waals surface area contributed by atoms with Crippen LogP contribution < -0.4 is 10.2 Å². The number of aliphatic imine (C=N–C) groups is 1. The first kappa shape index (κ1) is 20.4. The lowest BCUT2D eigenvalue weighted by molar-refractivity contribution is -0.119. The van der Waals surface area contributed by atoms with Gasteiger partial charge in [-0.25, -0.2) is 9.50 Å². The Morgan fingerprint density at radius 1 is 1.36 bits per heavy atom. The highest BCUT2D eigenvalue weighted by Gasteiger charge is 2.39. The van der Waals surface area contributed by atoms with Crippen molar-refractivity contribution in [2.75, 3.05) is 30.4 Å². The van der Waals surface area contributed by atoms with E-state index in [1.165, 1.54) is 36.3 Å². The molecule has 3 aromatic heterocycles. The van der Waals surface area contributed by atoms with E-state index in [2.05, 4.69) is 25.7 Å². The van der Waals surface area contributed by atoms with Gasteiger partial charge in [0.1, 0.15) is 22.7 Å². The Morgan fingerprint density at radius 2 is 2.27 bits per heavy atom. The van der Waals surface area contributed by atoms with Gasteiger partial charge in [0.2, 0.25) is 5.95 Å². The van der Waals surface area contributed by atoms with Crippen LogP contribution in [-0.4, -0.2) is 67.9 Å². The van der Waals surface area contributed by atoms with Crippen LogP contribution in [0.2, 0.25) is 0 Å². The lowest BCUT2D eigenvalue weighted by atomic mass is 10.1. The molecule has 170 valence electrons. The third kappa shape index (κ3) is 4.02. The maximum atomic E-state index is 13.2. The number of carbonyl (C=O) groups is 1. The van der Waals surface area contributed by atoms with Crippen molar-refractivity contribution in [2.24, 2.45) is 10.9 Å². The summed E-state index contributed by atoms with van der Waals surface area (Å²) < 4.78 is 11.4. The Bertz CT molecular complexity index is 1250. The van der Waals surface area contributed by atoms with Crippen LogP contribution in [0.5, 0.6) is 0 Å². The van der Waals surface area contributed by atoms with E-state index in [9.17, 15) is 4.79 Å². The summed E-state index contributed by atoms with van der Waals surface area (Å²) in [5.74, 6) is 2.74. The summed E-state index contributed by atoms with van der Waals surface area (Å²) in [5, 5.41) is 8.81. The number of Topliss-reactive ketones (excluding diaryl/α,β-unsaturated/α-hetero) is 1. The van der Waals surface area contributed by atoms with Crippen LogP contribution in [0.4, 0.5) is 11.8 Å². The van der Waals surface area contributed by atoms with Crippen molar-refractivity contribution in [1.82, 2.24) is 24.0 Å². The van der Waals surface area contributed by atoms with Crippen molar-refractivity contribution in [3.63, 3.8) is 0 Å². The molecule has 1 saturated heterocycles. The van der Waals surface area contributed by atoms with Crippen LogP contribution in [0, 0.1) is 5.92 Å². The Labute approximate surface area is 194 Å². The zero-order valence-corrected chi connectivity index (χ0v) is 19.0. The number of anilines is 2. The second-order valence-corrected chi connectivity index (χ2v) is 9.52. The molecule has 2 fully saturated rings. The quantitative estimate of drug-likeness (QED) is 0.566. The first-order valence-corrected chi connectivity index (χ1v) is 11.9. The third-order valence-electron chi connectivity index (χ3n) is 6.44. The molecule has 33 heavy (non-hydrogen) atoms. The Kier molecular flexibility index (Phi) is 5.14. The van der Waals surface area contributed by atoms with Gasteiger partial charge >= 0.3 is 0 Å². The van der Waals surface area contributed by atoms with Gasteiger partial charge in [0, 0.05) is 26.3 Å². The van der Waals surface area contributed by atoms with Gasteiger partial charge < -0.3 is 15.0 Å². The first-order valence-electron chi connectivity index (χ1n) is 11.1. The Balaban J connectivity index is 1.30. The molecule has 3 aliphatic rings. The molecule has 0 unspecified atom stereocenters. The number of amidine groups is 1. The molecule has 5 heterocycles. The number of ether oxygens (including phenoxy) is 1. The molecule has 0 amide bonds. The number of nitrogens with one attached hydrogen (secondary N) is 1. The number of nitrogens with zero attached hydrogens (tertiary/aromatic N) is 7. The van der Waals surface area contributed by atoms with E-state index < -0.39 is 0 Å². The number of fused-ring (bicyclic) bond motifs is 1. The van der Waals surface area contributed by atoms with Crippen LogP contribution in [0.25, 0.3) is 5.52 Å². The Morgan fingerprint density at radius 3 is 3.06 bits per heavy atom. The minimum atomic E-state index is -0.384. The van der Waals surface area contributed by atoms with Crippen molar-refractivity contribution >= 4 is 40.4 Å². The van der Waals surface area contributed by atoms with Gasteiger partial charge in [-0.2, -0.15) is 9.36 Å². The molecule has 1 aliphatic carbocycles. The number of rotatable bonds is 7. The van der Waals surface area contributed by atoms with Crippen LogP contribution in [0.3, 0.4) is 0 Å². The summed E-state index contributed by atoms with van der Waals surface area (Å²) >= 11 is 1.25. The van der Waals surface area contributed by atoms with Gasteiger partial charge in [0.05, 0.1) is 25.1 Å². The summed E-state index contributed by atoms with van der Waals surface area (Å²) in [6.45, 7) is 1.30. The number of ketones is 1. The third-order valence-corrected chi connectivity index (χ3v) is 7.10. The summed E-state index contributed by atoms with van der Waals surface area (Å²) in [4.78, 5) is 28.8. The van der Waals surface area contributed by atoms with Gasteiger partial charge in [-0.1, -0.05) is 0 Å². The van der Waals surface area contributed by atoms with Gasteiger partial charge in [-0.05, 0) is 54.1 Å². The highest BCUT2D eigenvalue weighted by molar-refractivity contribution is 7.05. The molecule has 0 spiro atoms. The Hall–Kier alpha value is -3.18. The molecular weight excluding hydrogens is 440 g/mol. The van der Waals surface area contributed by atoms with Gasteiger partial charge in [0.25, 0.3) is 0 Å². The normalized spacial score (nSPS) is 22.6. The van der Waals surface area contributed by atoms with E-state index >= 15 is 0 Å². The van der Waals surface area contributed by atoms with Crippen molar-refractivity contribution in [3.05, 3.63) is 41.3 Å². The zero-order valence-electron chi connectivity index (χ0n) is 18.2. The second-order valence-electron chi connectivity index (χ2n) is 8.66. The molecular formula is C22H24N8O2S. The number of methoxy groups -OCH3 is 1. The van der Waals surface area contributed by atoms with Crippen molar-refractivity contribution in [2.45, 2.75) is 37.8 Å². The number of hydrogen-bond acceptors (Lipinski definition) is 10. The number of carbonyl (C=O) groups excluding carboxylic acids is 1. The molecule has 0 aromatic carbocycles. The van der Waals surface area contributed by atoms with Crippen LogP contribution in [0.1, 0.15) is 24.3 Å². The smallest absolute Gasteiger partial charge is 0.246 e. The van der Waals surface area contributed by atoms with E-state index in [-0.39, 0.29) is 24.3 Å². The molecule has 11 heteroatoms. The second kappa shape index (κ2) is 8.31. The van der Waals surface area contributed by atoms with Gasteiger partial charge in [-0.15, -0.1) is 5.10 Å². The minimum absolute atomic E-state index is 0.0641. The zero-order chi connectivity index (χ0) is 22.4. The molecule has 0 bridgehead atoms. The maximum Gasteiger partial charge on any atom is 0.246 e. The summed E-state index contributed by atoms with van der Waals surface area (Å²) in [6.07, 6.45) is 8.79. The van der Waals surface area contributed by atoms with E-state index in [1.54, 1.807) is 11.6 Å². The summed E-state index contributed by atoms with van der Waals surface area (Å²) in [7, 11) is 1.67. The molecule has 10 nitrogen and oxygen atoms in total. The lowest BCUT2D eigenvalue weighted by Crippen LogP contribution is -2.38. The van der Waals surface area contributed by atoms with E-state index in [4.69, 9.17) is 14.8 Å². The molecule has 2 atom stereocenters. The standard InChI is InChI=1S/C22H24N8O2S/c1-32-15-8-17(18(31)9-20-24-12-25-33-20)29(11-15)22-27-21(16-3-2-6-30(16)28-22)26-19-7-14(10-23-19)13-4-5-13/h2-3,6-7,12-13,15,17H,4-5,8-11H2,1H3,(H,23,26,27,28)/t15-,17-/m0/s1. The van der Waals surface area contributed by atoms with Gasteiger partial charge in [-0.3, -0.25) is 9.79 Å². The summed E-state index contributed by atoms with van der Waals surface area (Å²) in [5.41, 5.74) is 2.25. The average Bonchev–Trinajstić information content (AvgIpc) is 3.28. The predicted octanol–water partition coefficient (Wildman–Crippen LogP) is 2.15. The molecule has 3 aromatic rings. The van der Waals surface area contributed by atoms with Crippen molar-refractivity contribution in [3.8, 4) is 0 Å². The monoisotopic (exact) mass is 464 g/mol. The van der Waals surface area contributed by atoms with Crippen molar-refractivity contribution in [1.29, 1.82) is 0 Å². The number of aromatic nitrogens is 5. The van der Waals surface area contributed by atoms with Crippen LogP contribution in [-0.2, 0) is 16.0 Å². The molecule has 1 saturated carbocycles. The largest absolute Gasteiger partial charge is 0.380 e. The van der Waals surface area contributed by atoms with Crippen LogP contribution >= 0.6 is 11.5 Å². The fourth-order valence-electron chi connectivity index (χ4n) is 4.51. The fraction of sp³-hybridized carbons (Fsp3) is 0.455. The maximum absolute atomic E-state index is 13.2. The van der Waals surface area contributed by atoms with Crippen molar-refractivity contribution < 1.29 is 9.53 Å². The SMILES string of the molecule is CO[C@H]1C[C@@H](C(=O)Cc2ncns2)N(c2nc(NC3=NCC(C4CC4)=C3)c3cccn3n2)C1.